The molecule has 16 heavy (non-hydrogen) atoms. The monoisotopic (exact) mass is 219 g/mol. The van der Waals surface area contributed by atoms with Crippen LogP contribution in [0.4, 0.5) is 6.01 Å². The molecule has 0 aliphatic carbocycles. The molecule has 1 heterocycles. The molecular formula is C11H13N3O2. The molecule has 0 amide bonds. The van der Waals surface area contributed by atoms with Crippen LogP contribution in [-0.2, 0) is 6.54 Å². The number of aryl methyl sites for hydroxylation is 1. The standard InChI is InChI=1S/C11H13N3O2/c1-8-13-11(16-14-8)12-7-9-4-3-5-10(6-9)15-2/h3-6H,7H2,1-2H3,(H,12,13,14). The second-order valence-corrected chi connectivity index (χ2v) is 3.35. The molecule has 0 aliphatic rings. The van der Waals surface area contributed by atoms with Crippen molar-refractivity contribution in [3.8, 4) is 5.75 Å². The summed E-state index contributed by atoms with van der Waals surface area (Å²) in [6.45, 7) is 2.40. The molecule has 0 fully saturated rings. The van der Waals surface area contributed by atoms with Crippen molar-refractivity contribution in [2.75, 3.05) is 12.4 Å². The van der Waals surface area contributed by atoms with Crippen LogP contribution in [-0.4, -0.2) is 17.3 Å². The Bertz CT molecular complexity index is 468. The minimum absolute atomic E-state index is 0.431. The van der Waals surface area contributed by atoms with Gasteiger partial charge in [-0.1, -0.05) is 17.3 Å². The molecule has 0 atom stereocenters. The molecule has 2 rings (SSSR count). The zero-order chi connectivity index (χ0) is 11.4. The Morgan fingerprint density at radius 2 is 2.31 bits per heavy atom. The zero-order valence-electron chi connectivity index (χ0n) is 9.23. The number of hydrogen-bond donors (Lipinski definition) is 1. The molecule has 0 saturated heterocycles. The molecule has 0 unspecified atom stereocenters. The minimum atomic E-state index is 0.431. The quantitative estimate of drug-likeness (QED) is 0.852. The molecule has 2 aromatic rings. The van der Waals surface area contributed by atoms with Gasteiger partial charge in [0, 0.05) is 6.54 Å². The van der Waals surface area contributed by atoms with Gasteiger partial charge in [-0.25, -0.2) is 0 Å². The van der Waals surface area contributed by atoms with E-state index < -0.39 is 0 Å². The summed E-state index contributed by atoms with van der Waals surface area (Å²) in [5, 5.41) is 6.73. The van der Waals surface area contributed by atoms with Gasteiger partial charge in [0.15, 0.2) is 5.82 Å². The van der Waals surface area contributed by atoms with Gasteiger partial charge in [0.05, 0.1) is 7.11 Å². The molecule has 0 radical (unpaired) electrons. The van der Waals surface area contributed by atoms with Gasteiger partial charge < -0.3 is 14.6 Å². The van der Waals surface area contributed by atoms with Gasteiger partial charge >= 0.3 is 6.01 Å². The van der Waals surface area contributed by atoms with Crippen LogP contribution >= 0.6 is 0 Å². The summed E-state index contributed by atoms with van der Waals surface area (Å²) in [6, 6.07) is 8.23. The summed E-state index contributed by atoms with van der Waals surface area (Å²) >= 11 is 0. The summed E-state index contributed by atoms with van der Waals surface area (Å²) in [6.07, 6.45) is 0. The first-order valence-electron chi connectivity index (χ1n) is 4.95. The predicted molar refractivity (Wildman–Crippen MR) is 59.4 cm³/mol. The van der Waals surface area contributed by atoms with Crippen molar-refractivity contribution in [2.45, 2.75) is 13.5 Å². The Labute approximate surface area is 93.4 Å². The Hall–Kier alpha value is -2.04. The van der Waals surface area contributed by atoms with Crippen LogP contribution in [0.2, 0.25) is 0 Å². The predicted octanol–water partition coefficient (Wildman–Crippen LogP) is 2.00. The van der Waals surface area contributed by atoms with Crippen molar-refractivity contribution < 1.29 is 9.26 Å². The maximum absolute atomic E-state index is 5.13. The molecule has 1 aromatic heterocycles. The summed E-state index contributed by atoms with van der Waals surface area (Å²) in [4.78, 5) is 4.05. The maximum Gasteiger partial charge on any atom is 0.321 e. The van der Waals surface area contributed by atoms with Crippen LogP contribution in [0.3, 0.4) is 0 Å². The van der Waals surface area contributed by atoms with Gasteiger partial charge in [-0.05, 0) is 24.6 Å². The summed E-state index contributed by atoms with van der Waals surface area (Å²) < 4.78 is 10.1. The van der Waals surface area contributed by atoms with Crippen molar-refractivity contribution in [1.82, 2.24) is 10.1 Å². The molecule has 0 bridgehead atoms. The largest absolute Gasteiger partial charge is 0.497 e. The van der Waals surface area contributed by atoms with Crippen LogP contribution in [0.5, 0.6) is 5.75 Å². The first kappa shape index (κ1) is 10.5. The number of aromatic nitrogens is 2. The van der Waals surface area contributed by atoms with E-state index in [1.807, 2.05) is 24.3 Å². The number of nitrogens with zero attached hydrogens (tertiary/aromatic N) is 2. The van der Waals surface area contributed by atoms with Crippen LogP contribution in [0, 0.1) is 6.92 Å². The molecule has 5 heteroatoms. The Balaban J connectivity index is 1.99. The van der Waals surface area contributed by atoms with Gasteiger partial charge in [0.2, 0.25) is 0 Å². The van der Waals surface area contributed by atoms with Crippen LogP contribution in [0.15, 0.2) is 28.8 Å². The number of methoxy groups -OCH3 is 1. The third-order valence-electron chi connectivity index (χ3n) is 2.11. The number of ether oxygens (including phenoxy) is 1. The molecule has 1 aromatic carbocycles. The lowest BCUT2D eigenvalue weighted by Crippen LogP contribution is -1.99. The van der Waals surface area contributed by atoms with Crippen molar-refractivity contribution in [3.05, 3.63) is 35.7 Å². The van der Waals surface area contributed by atoms with E-state index in [1.54, 1.807) is 14.0 Å². The van der Waals surface area contributed by atoms with Gasteiger partial charge in [-0.3, -0.25) is 0 Å². The Kier molecular flexibility index (Phi) is 3.05. The molecule has 0 aliphatic heterocycles. The minimum Gasteiger partial charge on any atom is -0.497 e. The molecule has 84 valence electrons. The maximum atomic E-state index is 5.13. The van der Waals surface area contributed by atoms with Gasteiger partial charge in [0.25, 0.3) is 0 Å². The number of benzene rings is 1. The summed E-state index contributed by atoms with van der Waals surface area (Å²) in [7, 11) is 1.65. The van der Waals surface area contributed by atoms with Gasteiger partial charge in [-0.15, -0.1) is 0 Å². The highest BCUT2D eigenvalue weighted by Crippen LogP contribution is 2.13. The van der Waals surface area contributed by atoms with Crippen molar-refractivity contribution in [1.29, 1.82) is 0 Å². The highest BCUT2D eigenvalue weighted by Gasteiger charge is 2.01. The van der Waals surface area contributed by atoms with Gasteiger partial charge in [-0.2, -0.15) is 4.98 Å². The van der Waals surface area contributed by atoms with E-state index in [2.05, 4.69) is 15.5 Å². The van der Waals surface area contributed by atoms with E-state index in [4.69, 9.17) is 9.26 Å². The lowest BCUT2D eigenvalue weighted by molar-refractivity contribution is 0.414. The number of rotatable bonds is 4. The first-order chi connectivity index (χ1) is 7.78. The van der Waals surface area contributed by atoms with Crippen LogP contribution in [0.25, 0.3) is 0 Å². The second-order valence-electron chi connectivity index (χ2n) is 3.35. The van der Waals surface area contributed by atoms with E-state index in [9.17, 15) is 0 Å². The third-order valence-corrected chi connectivity index (χ3v) is 2.11. The van der Waals surface area contributed by atoms with Crippen LogP contribution < -0.4 is 10.1 Å². The number of anilines is 1. The number of nitrogens with one attached hydrogen (secondary N) is 1. The van der Waals surface area contributed by atoms with Crippen molar-refractivity contribution in [2.24, 2.45) is 0 Å². The van der Waals surface area contributed by atoms with E-state index in [0.29, 0.717) is 18.4 Å². The van der Waals surface area contributed by atoms with E-state index >= 15 is 0 Å². The fourth-order valence-electron chi connectivity index (χ4n) is 1.33. The Morgan fingerprint density at radius 3 is 3.00 bits per heavy atom. The smallest absolute Gasteiger partial charge is 0.321 e. The Morgan fingerprint density at radius 1 is 1.44 bits per heavy atom. The van der Waals surface area contributed by atoms with Crippen molar-refractivity contribution >= 4 is 6.01 Å². The molecule has 0 saturated carbocycles. The highest BCUT2D eigenvalue weighted by atomic mass is 16.5. The van der Waals surface area contributed by atoms with E-state index in [0.717, 1.165) is 11.3 Å². The van der Waals surface area contributed by atoms with Crippen LogP contribution in [0.1, 0.15) is 11.4 Å². The first-order valence-corrected chi connectivity index (χ1v) is 4.95. The topological polar surface area (TPSA) is 60.2 Å². The normalized spacial score (nSPS) is 10.1. The fraction of sp³-hybridized carbons (Fsp3) is 0.273. The van der Waals surface area contributed by atoms with E-state index in [1.165, 1.54) is 0 Å². The average Bonchev–Trinajstić information content (AvgIpc) is 2.73. The summed E-state index contributed by atoms with van der Waals surface area (Å²) in [5.41, 5.74) is 1.09. The van der Waals surface area contributed by atoms with E-state index in [-0.39, 0.29) is 0 Å². The summed E-state index contributed by atoms with van der Waals surface area (Å²) in [5.74, 6) is 1.45. The van der Waals surface area contributed by atoms with Gasteiger partial charge in [0.1, 0.15) is 5.75 Å². The third kappa shape index (κ3) is 2.50. The fourth-order valence-corrected chi connectivity index (χ4v) is 1.33. The highest BCUT2D eigenvalue weighted by molar-refractivity contribution is 5.31. The SMILES string of the molecule is COc1cccc(CNc2nc(C)no2)c1. The molecule has 5 nitrogen and oxygen atoms in total. The molecular weight excluding hydrogens is 206 g/mol. The molecule has 0 spiro atoms. The lowest BCUT2D eigenvalue weighted by Gasteiger charge is -2.04. The van der Waals surface area contributed by atoms with Crippen molar-refractivity contribution in [3.63, 3.8) is 0 Å². The number of hydrogen-bond acceptors (Lipinski definition) is 5. The average molecular weight is 219 g/mol. The lowest BCUT2D eigenvalue weighted by atomic mass is 10.2. The second kappa shape index (κ2) is 4.65. The molecule has 1 N–H and O–H groups in total. The zero-order valence-corrected chi connectivity index (χ0v) is 9.23.